The first-order valence-corrected chi connectivity index (χ1v) is 7.34. The van der Waals surface area contributed by atoms with Crippen LogP contribution in [0.15, 0.2) is 48.5 Å². The largest absolute Gasteiger partial charge is 0.481 e. The summed E-state index contributed by atoms with van der Waals surface area (Å²) in [5, 5.41) is 2.86. The van der Waals surface area contributed by atoms with Gasteiger partial charge in [0.15, 0.2) is 6.10 Å². The molecule has 0 fully saturated rings. The van der Waals surface area contributed by atoms with Gasteiger partial charge in [0, 0.05) is 6.54 Å². The molecule has 1 atom stereocenters. The summed E-state index contributed by atoms with van der Waals surface area (Å²) < 4.78 is 18.5. The van der Waals surface area contributed by atoms with E-state index in [1.54, 1.807) is 0 Å². The van der Waals surface area contributed by atoms with Crippen molar-refractivity contribution in [2.75, 3.05) is 0 Å². The van der Waals surface area contributed by atoms with Gasteiger partial charge in [0.2, 0.25) is 0 Å². The molecule has 0 heterocycles. The van der Waals surface area contributed by atoms with Crippen molar-refractivity contribution in [2.45, 2.75) is 32.9 Å². The van der Waals surface area contributed by atoms with Crippen LogP contribution in [-0.4, -0.2) is 12.0 Å². The summed E-state index contributed by atoms with van der Waals surface area (Å²) in [5.41, 5.74) is 2.22. The number of rotatable bonds is 6. The molecule has 0 saturated heterocycles. The zero-order valence-electron chi connectivity index (χ0n) is 12.8. The average molecular weight is 301 g/mol. The predicted molar refractivity (Wildman–Crippen MR) is 84.1 cm³/mol. The Morgan fingerprint density at radius 2 is 1.77 bits per heavy atom. The van der Waals surface area contributed by atoms with Crippen LogP contribution in [-0.2, 0) is 11.3 Å². The zero-order valence-corrected chi connectivity index (χ0v) is 12.8. The molecule has 1 N–H and O–H groups in total. The quantitative estimate of drug-likeness (QED) is 0.885. The maximum atomic E-state index is 12.9. The predicted octanol–water partition coefficient (Wildman–Crippen LogP) is 3.61. The van der Waals surface area contributed by atoms with Gasteiger partial charge in [-0.25, -0.2) is 4.39 Å². The molecule has 2 aromatic rings. The van der Waals surface area contributed by atoms with E-state index in [0.717, 1.165) is 5.56 Å². The van der Waals surface area contributed by atoms with E-state index in [-0.39, 0.29) is 11.7 Å². The molecule has 1 amide bonds. The third-order valence-corrected chi connectivity index (χ3v) is 3.34. The van der Waals surface area contributed by atoms with Crippen molar-refractivity contribution >= 4 is 5.91 Å². The second kappa shape index (κ2) is 7.59. The van der Waals surface area contributed by atoms with Gasteiger partial charge >= 0.3 is 0 Å². The molecule has 2 rings (SSSR count). The minimum atomic E-state index is -0.587. The lowest BCUT2D eigenvalue weighted by Crippen LogP contribution is -2.37. The number of aryl methyl sites for hydroxylation is 1. The van der Waals surface area contributed by atoms with Gasteiger partial charge in [-0.2, -0.15) is 0 Å². The highest BCUT2D eigenvalue weighted by atomic mass is 19.1. The molecule has 0 saturated carbocycles. The van der Waals surface area contributed by atoms with E-state index in [1.807, 2.05) is 38.1 Å². The Balaban J connectivity index is 1.91. The number of nitrogens with one attached hydrogen (secondary N) is 1. The summed E-state index contributed by atoms with van der Waals surface area (Å²) in [4.78, 5) is 12.2. The van der Waals surface area contributed by atoms with Gasteiger partial charge < -0.3 is 10.1 Å². The molecule has 0 unspecified atom stereocenters. The minimum absolute atomic E-state index is 0.174. The van der Waals surface area contributed by atoms with Gasteiger partial charge in [0.25, 0.3) is 5.91 Å². The summed E-state index contributed by atoms with van der Waals surface area (Å²) in [6, 6.07) is 13.6. The summed E-state index contributed by atoms with van der Waals surface area (Å²) >= 11 is 0. The van der Waals surface area contributed by atoms with Crippen LogP contribution in [0.3, 0.4) is 0 Å². The lowest BCUT2D eigenvalue weighted by Gasteiger charge is -2.17. The molecule has 3 nitrogen and oxygen atoms in total. The summed E-state index contributed by atoms with van der Waals surface area (Å²) in [5.74, 6) is -0.0182. The molecule has 0 aromatic heterocycles. The summed E-state index contributed by atoms with van der Waals surface area (Å²) in [6.45, 7) is 4.36. The number of hydrogen-bond acceptors (Lipinski definition) is 2. The van der Waals surface area contributed by atoms with Crippen LogP contribution >= 0.6 is 0 Å². The Labute approximate surface area is 130 Å². The SMILES string of the molecule is CC[C@H](Oc1ccc(F)cc1)C(=O)NCc1ccc(C)cc1. The maximum Gasteiger partial charge on any atom is 0.261 e. The van der Waals surface area contributed by atoms with Crippen molar-refractivity contribution in [2.24, 2.45) is 0 Å². The van der Waals surface area contributed by atoms with Crippen LogP contribution in [0.1, 0.15) is 24.5 Å². The Morgan fingerprint density at radius 1 is 1.14 bits per heavy atom. The van der Waals surface area contributed by atoms with Crippen LogP contribution in [0.4, 0.5) is 4.39 Å². The van der Waals surface area contributed by atoms with E-state index in [0.29, 0.717) is 18.7 Å². The number of carbonyl (C=O) groups is 1. The van der Waals surface area contributed by atoms with E-state index < -0.39 is 6.10 Å². The highest BCUT2D eigenvalue weighted by Crippen LogP contribution is 2.14. The van der Waals surface area contributed by atoms with E-state index in [1.165, 1.54) is 29.8 Å². The fourth-order valence-corrected chi connectivity index (χ4v) is 2.01. The van der Waals surface area contributed by atoms with Crippen molar-refractivity contribution in [3.8, 4) is 5.75 Å². The van der Waals surface area contributed by atoms with E-state index in [4.69, 9.17) is 4.74 Å². The van der Waals surface area contributed by atoms with E-state index in [9.17, 15) is 9.18 Å². The molecule has 4 heteroatoms. The third kappa shape index (κ3) is 4.58. The van der Waals surface area contributed by atoms with Crippen molar-refractivity contribution in [3.63, 3.8) is 0 Å². The van der Waals surface area contributed by atoms with Gasteiger partial charge in [-0.1, -0.05) is 36.8 Å². The molecule has 0 bridgehead atoms. The van der Waals surface area contributed by atoms with Crippen molar-refractivity contribution in [1.29, 1.82) is 0 Å². The first kappa shape index (κ1) is 16.0. The Kier molecular flexibility index (Phi) is 5.53. The monoisotopic (exact) mass is 301 g/mol. The highest BCUT2D eigenvalue weighted by molar-refractivity contribution is 5.81. The van der Waals surface area contributed by atoms with Gasteiger partial charge in [0.1, 0.15) is 11.6 Å². The molecule has 22 heavy (non-hydrogen) atoms. The molecule has 0 aliphatic rings. The van der Waals surface area contributed by atoms with Gasteiger partial charge in [-0.05, 0) is 43.2 Å². The summed E-state index contributed by atoms with van der Waals surface area (Å²) in [7, 11) is 0. The fraction of sp³-hybridized carbons (Fsp3) is 0.278. The Morgan fingerprint density at radius 3 is 2.36 bits per heavy atom. The fourth-order valence-electron chi connectivity index (χ4n) is 2.01. The first-order valence-electron chi connectivity index (χ1n) is 7.34. The zero-order chi connectivity index (χ0) is 15.9. The number of ether oxygens (including phenoxy) is 1. The van der Waals surface area contributed by atoms with Crippen molar-refractivity contribution < 1.29 is 13.9 Å². The van der Waals surface area contributed by atoms with Gasteiger partial charge in [0.05, 0.1) is 0 Å². The Bertz CT molecular complexity index is 608. The molecular formula is C18H20FNO2. The van der Waals surface area contributed by atoms with Crippen LogP contribution < -0.4 is 10.1 Å². The number of amides is 1. The highest BCUT2D eigenvalue weighted by Gasteiger charge is 2.17. The molecule has 0 aliphatic heterocycles. The third-order valence-electron chi connectivity index (χ3n) is 3.34. The lowest BCUT2D eigenvalue weighted by molar-refractivity contribution is -0.128. The number of carbonyl (C=O) groups excluding carboxylic acids is 1. The standard InChI is InChI=1S/C18H20FNO2/c1-3-17(22-16-10-8-15(19)9-11-16)18(21)20-12-14-6-4-13(2)5-7-14/h4-11,17H,3,12H2,1-2H3,(H,20,21)/t17-/m0/s1. The maximum absolute atomic E-state index is 12.9. The average Bonchev–Trinajstić information content (AvgIpc) is 2.53. The second-order valence-corrected chi connectivity index (χ2v) is 5.17. The normalized spacial score (nSPS) is 11.8. The smallest absolute Gasteiger partial charge is 0.261 e. The number of benzene rings is 2. The van der Waals surface area contributed by atoms with Crippen LogP contribution in [0.2, 0.25) is 0 Å². The number of halogens is 1. The molecule has 0 aliphatic carbocycles. The van der Waals surface area contributed by atoms with Gasteiger partial charge in [-0.15, -0.1) is 0 Å². The molecule has 0 spiro atoms. The van der Waals surface area contributed by atoms with Crippen molar-refractivity contribution in [1.82, 2.24) is 5.32 Å². The molecule has 2 aromatic carbocycles. The van der Waals surface area contributed by atoms with Crippen LogP contribution in [0.25, 0.3) is 0 Å². The van der Waals surface area contributed by atoms with E-state index >= 15 is 0 Å². The Hall–Kier alpha value is -2.36. The topological polar surface area (TPSA) is 38.3 Å². The summed E-state index contributed by atoms with van der Waals surface area (Å²) in [6.07, 6.45) is -0.0483. The minimum Gasteiger partial charge on any atom is -0.481 e. The lowest BCUT2D eigenvalue weighted by atomic mass is 10.1. The van der Waals surface area contributed by atoms with Crippen molar-refractivity contribution in [3.05, 3.63) is 65.5 Å². The number of hydrogen-bond donors (Lipinski definition) is 1. The molecular weight excluding hydrogens is 281 g/mol. The second-order valence-electron chi connectivity index (χ2n) is 5.17. The molecule has 116 valence electrons. The van der Waals surface area contributed by atoms with Gasteiger partial charge in [-0.3, -0.25) is 4.79 Å². The van der Waals surface area contributed by atoms with E-state index in [2.05, 4.69) is 5.32 Å². The first-order chi connectivity index (χ1) is 10.6. The van der Waals surface area contributed by atoms with Crippen LogP contribution in [0, 0.1) is 12.7 Å². The molecule has 0 radical (unpaired) electrons. The van der Waals surface area contributed by atoms with Crippen LogP contribution in [0.5, 0.6) is 5.75 Å².